The Morgan fingerprint density at radius 3 is 2.67 bits per heavy atom. The second-order valence-corrected chi connectivity index (χ2v) is 3.45. The van der Waals surface area contributed by atoms with Crippen LogP contribution in [0.5, 0.6) is 0 Å². The first-order chi connectivity index (χ1) is 7.20. The van der Waals surface area contributed by atoms with Gasteiger partial charge < -0.3 is 5.73 Å². The number of aromatic nitrogens is 4. The predicted octanol–water partition coefficient (Wildman–Crippen LogP) is 0.738. The van der Waals surface area contributed by atoms with E-state index < -0.39 is 0 Å². The van der Waals surface area contributed by atoms with Gasteiger partial charge in [-0.1, -0.05) is 0 Å². The first-order valence-electron chi connectivity index (χ1n) is 4.75. The molecule has 0 aliphatic heterocycles. The van der Waals surface area contributed by atoms with E-state index in [0.717, 1.165) is 16.8 Å². The summed E-state index contributed by atoms with van der Waals surface area (Å²) in [5, 5.41) is 4.14. The highest BCUT2D eigenvalue weighted by Crippen LogP contribution is 2.06. The predicted molar refractivity (Wildman–Crippen MR) is 56.5 cm³/mol. The van der Waals surface area contributed by atoms with Gasteiger partial charge in [-0.25, -0.2) is 14.6 Å². The highest BCUT2D eigenvalue weighted by atomic mass is 15.3. The van der Waals surface area contributed by atoms with Gasteiger partial charge in [0.25, 0.3) is 5.95 Å². The molecule has 15 heavy (non-hydrogen) atoms. The van der Waals surface area contributed by atoms with E-state index in [9.17, 15) is 0 Å². The molecule has 2 aromatic rings. The van der Waals surface area contributed by atoms with Crippen LogP contribution >= 0.6 is 0 Å². The van der Waals surface area contributed by atoms with Crippen molar-refractivity contribution in [1.82, 2.24) is 19.7 Å². The summed E-state index contributed by atoms with van der Waals surface area (Å²) >= 11 is 0. The molecule has 2 rings (SSSR count). The summed E-state index contributed by atoms with van der Waals surface area (Å²) in [4.78, 5) is 8.54. The van der Waals surface area contributed by atoms with Gasteiger partial charge in [-0.2, -0.15) is 5.10 Å². The van der Waals surface area contributed by atoms with E-state index in [2.05, 4.69) is 15.1 Å². The molecule has 2 N–H and O–H groups in total. The third kappa shape index (κ3) is 1.87. The molecule has 0 unspecified atom stereocenters. The minimum absolute atomic E-state index is 0.463. The highest BCUT2D eigenvalue weighted by Gasteiger charge is 2.04. The second kappa shape index (κ2) is 3.78. The summed E-state index contributed by atoms with van der Waals surface area (Å²) < 4.78 is 1.66. The van der Waals surface area contributed by atoms with Crippen molar-refractivity contribution in [2.45, 2.75) is 20.4 Å². The maximum atomic E-state index is 5.54. The maximum Gasteiger partial charge on any atom is 0.250 e. The second-order valence-electron chi connectivity index (χ2n) is 3.45. The molecule has 0 radical (unpaired) electrons. The Hall–Kier alpha value is -1.75. The third-order valence-corrected chi connectivity index (χ3v) is 2.20. The zero-order valence-electron chi connectivity index (χ0n) is 8.81. The van der Waals surface area contributed by atoms with E-state index in [1.54, 1.807) is 17.1 Å². The SMILES string of the molecule is Cc1cnn(-c2ncc(CN)c(C)n2)c1. The molecular weight excluding hydrogens is 190 g/mol. The zero-order valence-corrected chi connectivity index (χ0v) is 8.81. The molecule has 5 heteroatoms. The third-order valence-electron chi connectivity index (χ3n) is 2.20. The van der Waals surface area contributed by atoms with Gasteiger partial charge in [-0.3, -0.25) is 0 Å². The van der Waals surface area contributed by atoms with Crippen LogP contribution in [0.4, 0.5) is 0 Å². The van der Waals surface area contributed by atoms with E-state index in [-0.39, 0.29) is 0 Å². The van der Waals surface area contributed by atoms with Crippen LogP contribution in [-0.4, -0.2) is 19.7 Å². The molecule has 5 nitrogen and oxygen atoms in total. The fraction of sp³-hybridized carbons (Fsp3) is 0.300. The van der Waals surface area contributed by atoms with Crippen molar-refractivity contribution in [3.8, 4) is 5.95 Å². The Balaban J connectivity index is 2.42. The highest BCUT2D eigenvalue weighted by molar-refractivity contribution is 5.21. The lowest BCUT2D eigenvalue weighted by atomic mass is 10.2. The van der Waals surface area contributed by atoms with Crippen LogP contribution in [0.25, 0.3) is 5.95 Å². The van der Waals surface area contributed by atoms with E-state index in [0.29, 0.717) is 12.5 Å². The molecule has 0 amide bonds. The van der Waals surface area contributed by atoms with E-state index in [1.807, 2.05) is 20.0 Å². The first kappa shape index (κ1) is 9.79. The summed E-state index contributed by atoms with van der Waals surface area (Å²) in [6, 6.07) is 0. The van der Waals surface area contributed by atoms with Crippen LogP contribution in [0, 0.1) is 13.8 Å². The average Bonchev–Trinajstić information content (AvgIpc) is 2.65. The summed E-state index contributed by atoms with van der Waals surface area (Å²) in [6.45, 7) is 4.36. The fourth-order valence-electron chi connectivity index (χ4n) is 1.31. The Kier molecular flexibility index (Phi) is 2.47. The smallest absolute Gasteiger partial charge is 0.250 e. The topological polar surface area (TPSA) is 69.6 Å². The van der Waals surface area contributed by atoms with Crippen molar-refractivity contribution in [1.29, 1.82) is 0 Å². The molecule has 78 valence electrons. The monoisotopic (exact) mass is 203 g/mol. The Bertz CT molecular complexity index is 474. The van der Waals surface area contributed by atoms with Crippen LogP contribution in [0.2, 0.25) is 0 Å². The molecule has 0 atom stereocenters. The normalized spacial score (nSPS) is 10.6. The molecular formula is C10H13N5. The van der Waals surface area contributed by atoms with Crippen molar-refractivity contribution in [2.75, 3.05) is 0 Å². The number of hydrogen-bond donors (Lipinski definition) is 1. The summed E-state index contributed by atoms with van der Waals surface area (Å²) in [6.07, 6.45) is 5.40. The van der Waals surface area contributed by atoms with Crippen LogP contribution in [0.1, 0.15) is 16.8 Å². The number of nitrogens with two attached hydrogens (primary N) is 1. The average molecular weight is 203 g/mol. The first-order valence-corrected chi connectivity index (χ1v) is 4.75. The Morgan fingerprint density at radius 2 is 2.13 bits per heavy atom. The lowest BCUT2D eigenvalue weighted by molar-refractivity contribution is 0.791. The minimum atomic E-state index is 0.463. The van der Waals surface area contributed by atoms with Gasteiger partial charge in [0.15, 0.2) is 0 Å². The number of nitrogens with zero attached hydrogens (tertiary/aromatic N) is 4. The lowest BCUT2D eigenvalue weighted by Crippen LogP contribution is -2.07. The lowest BCUT2D eigenvalue weighted by Gasteiger charge is -2.04. The molecule has 2 aromatic heterocycles. The number of hydrogen-bond acceptors (Lipinski definition) is 4. The molecule has 0 saturated heterocycles. The summed E-state index contributed by atoms with van der Waals surface area (Å²) in [5.74, 6) is 0.581. The molecule has 0 aliphatic rings. The fourth-order valence-corrected chi connectivity index (χ4v) is 1.31. The van der Waals surface area contributed by atoms with Gasteiger partial charge in [0.05, 0.1) is 6.20 Å². The van der Waals surface area contributed by atoms with Crippen molar-refractivity contribution < 1.29 is 0 Å². The van der Waals surface area contributed by atoms with Gasteiger partial charge in [-0.15, -0.1) is 0 Å². The zero-order chi connectivity index (χ0) is 10.8. The quantitative estimate of drug-likeness (QED) is 0.781. The van der Waals surface area contributed by atoms with Crippen molar-refractivity contribution in [2.24, 2.45) is 5.73 Å². The van der Waals surface area contributed by atoms with Gasteiger partial charge in [0, 0.05) is 30.2 Å². The standard InChI is InChI=1S/C10H13N5/c1-7-4-13-15(6-7)10-12-5-9(3-11)8(2)14-10/h4-6H,3,11H2,1-2H3. The van der Waals surface area contributed by atoms with Crippen molar-refractivity contribution in [3.05, 3.63) is 35.4 Å². The van der Waals surface area contributed by atoms with Crippen molar-refractivity contribution >= 4 is 0 Å². The molecule has 0 spiro atoms. The van der Waals surface area contributed by atoms with Crippen LogP contribution in [-0.2, 0) is 6.54 Å². The maximum absolute atomic E-state index is 5.54. The summed E-state index contributed by atoms with van der Waals surface area (Å²) in [7, 11) is 0. The molecule has 0 aliphatic carbocycles. The minimum Gasteiger partial charge on any atom is -0.326 e. The molecule has 2 heterocycles. The van der Waals surface area contributed by atoms with Crippen LogP contribution in [0.3, 0.4) is 0 Å². The largest absolute Gasteiger partial charge is 0.326 e. The summed E-state index contributed by atoms with van der Waals surface area (Å²) in [5.41, 5.74) is 8.48. The van der Waals surface area contributed by atoms with Crippen LogP contribution in [0.15, 0.2) is 18.6 Å². The van der Waals surface area contributed by atoms with Crippen LogP contribution < -0.4 is 5.73 Å². The molecule has 0 bridgehead atoms. The number of aryl methyl sites for hydroxylation is 2. The van der Waals surface area contributed by atoms with Gasteiger partial charge in [0.1, 0.15) is 0 Å². The van der Waals surface area contributed by atoms with Gasteiger partial charge >= 0.3 is 0 Å². The Labute approximate surface area is 88.0 Å². The van der Waals surface area contributed by atoms with Gasteiger partial charge in [0.2, 0.25) is 0 Å². The van der Waals surface area contributed by atoms with E-state index >= 15 is 0 Å². The molecule has 0 aromatic carbocycles. The van der Waals surface area contributed by atoms with Gasteiger partial charge in [-0.05, 0) is 19.4 Å². The molecule has 0 fully saturated rings. The molecule has 0 saturated carbocycles. The van der Waals surface area contributed by atoms with E-state index in [4.69, 9.17) is 5.73 Å². The Morgan fingerprint density at radius 1 is 1.33 bits per heavy atom. The van der Waals surface area contributed by atoms with E-state index in [1.165, 1.54) is 0 Å². The number of rotatable bonds is 2. The van der Waals surface area contributed by atoms with Crippen molar-refractivity contribution in [3.63, 3.8) is 0 Å².